The molecule has 7 heteroatoms. The number of carbonyl (C=O) groups is 2. The molecule has 0 bridgehead atoms. The molecule has 0 saturated heterocycles. The highest BCUT2D eigenvalue weighted by Gasteiger charge is 2.15. The maximum absolute atomic E-state index is 13.0. The van der Waals surface area contributed by atoms with Crippen LogP contribution in [0.15, 0.2) is 53.6 Å². The molecule has 0 unspecified atom stereocenters. The zero-order valence-corrected chi connectivity index (χ0v) is 27.7. The number of ether oxygens (including phenoxy) is 1. The van der Waals surface area contributed by atoms with E-state index >= 15 is 0 Å². The van der Waals surface area contributed by atoms with Gasteiger partial charge >= 0.3 is 0 Å². The number of rotatable bonds is 19. The fourth-order valence-corrected chi connectivity index (χ4v) is 5.75. The summed E-state index contributed by atoms with van der Waals surface area (Å²) < 4.78 is 5.97. The van der Waals surface area contributed by atoms with E-state index in [1.165, 1.54) is 76.0 Å². The number of nitrogens with zero attached hydrogens (tertiary/aromatic N) is 1. The normalized spacial score (nSPS) is 12.6. The largest absolute Gasteiger partial charge is 0.493 e. The van der Waals surface area contributed by atoms with Gasteiger partial charge in [-0.15, -0.1) is 28.7 Å². The van der Waals surface area contributed by atoms with Crippen LogP contribution >= 0.6 is 28.7 Å². The van der Waals surface area contributed by atoms with Crippen LogP contribution in [0.1, 0.15) is 124 Å². The highest BCUT2D eigenvalue weighted by Crippen LogP contribution is 2.27. The molecule has 0 saturated carbocycles. The van der Waals surface area contributed by atoms with Gasteiger partial charge in [0.15, 0.2) is 5.78 Å². The van der Waals surface area contributed by atoms with Crippen LogP contribution < -0.4 is 10.1 Å². The zero-order chi connectivity index (χ0) is 28.6. The van der Waals surface area contributed by atoms with Crippen molar-refractivity contribution in [1.29, 1.82) is 0 Å². The Kier molecular flexibility index (Phi) is 16.9. The third-order valence-corrected chi connectivity index (χ3v) is 8.29. The Bertz CT molecular complexity index is 1120. The van der Waals surface area contributed by atoms with Crippen LogP contribution in [0, 0.1) is 0 Å². The molecule has 2 aromatic rings. The average molecular weight is 646 g/mol. The minimum absolute atomic E-state index is 0. The minimum atomic E-state index is -0.236. The molecule has 226 valence electrons. The predicted molar refractivity (Wildman–Crippen MR) is 179 cm³/mol. The van der Waals surface area contributed by atoms with Gasteiger partial charge in [-0.1, -0.05) is 89.7 Å². The van der Waals surface area contributed by atoms with Crippen molar-refractivity contribution in [2.45, 2.75) is 104 Å². The second kappa shape index (κ2) is 19.8. The van der Waals surface area contributed by atoms with E-state index < -0.39 is 0 Å². The first-order chi connectivity index (χ1) is 19.5. The van der Waals surface area contributed by atoms with Crippen molar-refractivity contribution in [2.24, 2.45) is 0 Å². The first-order valence-electron chi connectivity index (χ1n) is 15.2. The lowest BCUT2D eigenvalue weighted by molar-refractivity contribution is 0.101. The van der Waals surface area contributed by atoms with Crippen molar-refractivity contribution in [3.63, 3.8) is 0 Å². The standard InChI is InChI=1S/C34H48N2O3S.BrH/c1-4-5-6-7-8-9-10-11-12-13-14-15-21-39-33-20-19-30(23-32(33)28(3)37)34(38)35-31-18-16-17-29(22-31)25-36-24-27(2)40-26-36;/h16-20,22-24H,4-15,21,25-26H2,1-3H3,(H,35,38);1H. The molecule has 0 atom stereocenters. The number of carbonyl (C=O) groups excluding carboxylic acids is 2. The van der Waals surface area contributed by atoms with E-state index in [9.17, 15) is 9.59 Å². The van der Waals surface area contributed by atoms with Crippen LogP contribution in [-0.2, 0) is 6.54 Å². The van der Waals surface area contributed by atoms with E-state index in [2.05, 4.69) is 36.3 Å². The first kappa shape index (κ1) is 34.9. The molecule has 0 aliphatic carbocycles. The Morgan fingerprint density at radius 2 is 1.56 bits per heavy atom. The molecule has 1 aliphatic rings. The van der Waals surface area contributed by atoms with Crippen molar-refractivity contribution in [2.75, 3.05) is 17.8 Å². The Hall–Kier alpha value is -2.25. The number of Topliss-reactive ketones (excluding diaryl/α,β-unsaturated/α-hetero) is 1. The van der Waals surface area contributed by atoms with Gasteiger partial charge in [0.2, 0.25) is 0 Å². The van der Waals surface area contributed by atoms with Gasteiger partial charge in [0.05, 0.1) is 18.0 Å². The third-order valence-electron chi connectivity index (χ3n) is 7.27. The Morgan fingerprint density at radius 1 is 0.902 bits per heavy atom. The quantitative estimate of drug-likeness (QED) is 0.122. The summed E-state index contributed by atoms with van der Waals surface area (Å²) in [6.07, 6.45) is 17.7. The van der Waals surface area contributed by atoms with Gasteiger partial charge in [0.1, 0.15) is 5.75 Å². The van der Waals surface area contributed by atoms with Crippen molar-refractivity contribution >= 4 is 46.1 Å². The highest BCUT2D eigenvalue weighted by molar-refractivity contribution is 8.93. The summed E-state index contributed by atoms with van der Waals surface area (Å²) in [7, 11) is 0. The third kappa shape index (κ3) is 13.1. The molecule has 2 aromatic carbocycles. The minimum Gasteiger partial charge on any atom is -0.493 e. The Morgan fingerprint density at radius 3 is 2.17 bits per heavy atom. The van der Waals surface area contributed by atoms with E-state index in [4.69, 9.17) is 4.74 Å². The molecule has 1 heterocycles. The number of halogens is 1. The van der Waals surface area contributed by atoms with E-state index in [0.717, 1.165) is 36.5 Å². The highest BCUT2D eigenvalue weighted by atomic mass is 79.9. The second-order valence-electron chi connectivity index (χ2n) is 10.9. The number of allylic oxidation sites excluding steroid dienone is 1. The Labute approximate surface area is 262 Å². The topological polar surface area (TPSA) is 58.6 Å². The predicted octanol–water partition coefficient (Wildman–Crippen LogP) is 10.2. The summed E-state index contributed by atoms with van der Waals surface area (Å²) in [6, 6.07) is 13.0. The van der Waals surface area contributed by atoms with Gasteiger partial charge in [-0.3, -0.25) is 9.59 Å². The molecule has 0 spiro atoms. The lowest BCUT2D eigenvalue weighted by atomic mass is 10.1. The lowest BCUT2D eigenvalue weighted by Crippen LogP contribution is -2.15. The number of benzene rings is 2. The summed E-state index contributed by atoms with van der Waals surface area (Å²) in [5, 5.41) is 2.98. The second-order valence-corrected chi connectivity index (χ2v) is 12.1. The van der Waals surface area contributed by atoms with Crippen LogP contribution in [0.2, 0.25) is 0 Å². The van der Waals surface area contributed by atoms with Crippen LogP contribution in [0.4, 0.5) is 5.69 Å². The fraction of sp³-hybridized carbons (Fsp3) is 0.529. The average Bonchev–Trinajstić information content (AvgIpc) is 3.35. The molecule has 5 nitrogen and oxygen atoms in total. The molecule has 41 heavy (non-hydrogen) atoms. The van der Waals surface area contributed by atoms with E-state index in [-0.39, 0.29) is 28.7 Å². The van der Waals surface area contributed by atoms with Gasteiger partial charge in [0, 0.05) is 24.0 Å². The van der Waals surface area contributed by atoms with Crippen molar-refractivity contribution in [3.05, 3.63) is 70.3 Å². The zero-order valence-electron chi connectivity index (χ0n) is 25.2. The van der Waals surface area contributed by atoms with Gasteiger partial charge in [-0.05, 0) is 61.1 Å². The number of hydrogen-bond donors (Lipinski definition) is 1. The van der Waals surface area contributed by atoms with Gasteiger partial charge < -0.3 is 15.0 Å². The monoisotopic (exact) mass is 644 g/mol. The van der Waals surface area contributed by atoms with Crippen LogP contribution in [-0.4, -0.2) is 29.1 Å². The summed E-state index contributed by atoms with van der Waals surface area (Å²) in [5.41, 5.74) is 2.78. The Balaban J connectivity index is 0.00000588. The van der Waals surface area contributed by atoms with E-state index in [1.807, 2.05) is 30.0 Å². The maximum atomic E-state index is 13.0. The number of amides is 1. The summed E-state index contributed by atoms with van der Waals surface area (Å²) in [6.45, 7) is 7.28. The van der Waals surface area contributed by atoms with E-state index in [0.29, 0.717) is 23.5 Å². The number of nitrogens with one attached hydrogen (secondary N) is 1. The van der Waals surface area contributed by atoms with Gasteiger partial charge in [-0.25, -0.2) is 0 Å². The van der Waals surface area contributed by atoms with Crippen molar-refractivity contribution in [3.8, 4) is 5.75 Å². The SMILES string of the molecule is Br.CCCCCCCCCCCCCCOc1ccc(C(=O)Nc2cccc(CN3C=C(C)SC3)c2)cc1C(C)=O. The first-order valence-corrected chi connectivity index (χ1v) is 16.2. The van der Waals surface area contributed by atoms with Crippen LogP contribution in [0.3, 0.4) is 0 Å². The molecule has 0 fully saturated rings. The number of unbranched alkanes of at least 4 members (excludes halogenated alkanes) is 11. The number of ketones is 1. The number of hydrogen-bond acceptors (Lipinski definition) is 5. The summed E-state index contributed by atoms with van der Waals surface area (Å²) in [5.74, 6) is 1.16. The molecule has 1 aliphatic heterocycles. The van der Waals surface area contributed by atoms with Crippen molar-refractivity contribution < 1.29 is 14.3 Å². The molecule has 0 aromatic heterocycles. The summed E-state index contributed by atoms with van der Waals surface area (Å²) >= 11 is 1.83. The van der Waals surface area contributed by atoms with Gasteiger partial charge in [0.25, 0.3) is 5.91 Å². The summed E-state index contributed by atoms with van der Waals surface area (Å²) in [4.78, 5) is 28.9. The molecule has 0 radical (unpaired) electrons. The molecule has 3 rings (SSSR count). The van der Waals surface area contributed by atoms with Crippen LogP contribution in [0.25, 0.3) is 0 Å². The molecular formula is C34H49BrN2O3S. The van der Waals surface area contributed by atoms with Crippen LogP contribution in [0.5, 0.6) is 5.75 Å². The van der Waals surface area contributed by atoms with Gasteiger partial charge in [-0.2, -0.15) is 0 Å². The van der Waals surface area contributed by atoms with Crippen molar-refractivity contribution in [1.82, 2.24) is 4.90 Å². The number of anilines is 1. The lowest BCUT2D eigenvalue weighted by Gasteiger charge is -2.15. The maximum Gasteiger partial charge on any atom is 0.255 e. The fourth-order valence-electron chi connectivity index (χ4n) is 4.99. The molecule has 1 N–H and O–H groups in total. The number of thioether (sulfide) groups is 1. The molecule has 1 amide bonds. The van der Waals surface area contributed by atoms with E-state index in [1.54, 1.807) is 18.2 Å². The molecular weight excluding hydrogens is 596 g/mol. The smallest absolute Gasteiger partial charge is 0.255 e.